The average molecular weight is 568 g/mol. The van der Waals surface area contributed by atoms with Crippen LogP contribution in [0, 0.1) is 0 Å². The van der Waals surface area contributed by atoms with Gasteiger partial charge in [-0.2, -0.15) is 0 Å². The minimum Gasteiger partial charge on any atom is -0.481 e. The predicted octanol–water partition coefficient (Wildman–Crippen LogP) is 6.24. The Bertz CT molecular complexity index is 1450. The van der Waals surface area contributed by atoms with Crippen molar-refractivity contribution in [1.29, 1.82) is 0 Å². The number of hydrogen-bond donors (Lipinski definition) is 2. The summed E-state index contributed by atoms with van der Waals surface area (Å²) in [7, 11) is 0. The summed E-state index contributed by atoms with van der Waals surface area (Å²) < 4.78 is 41.3. The Morgan fingerprint density at radius 1 is 0.780 bits per heavy atom. The number of hydrogen-bond acceptors (Lipinski definition) is 5. The smallest absolute Gasteiger partial charge is 0.481 e. The molecule has 0 radical (unpaired) electrons. The molecule has 3 rings (SSSR count). The zero-order chi connectivity index (χ0) is 30.4. The lowest BCUT2D eigenvalue weighted by Crippen LogP contribution is -2.26. The van der Waals surface area contributed by atoms with Crippen molar-refractivity contribution in [3.8, 4) is 5.75 Å². The molecule has 0 heterocycles. The molecule has 3 aromatic rings. The van der Waals surface area contributed by atoms with Crippen LogP contribution in [0.15, 0.2) is 78.9 Å². The van der Waals surface area contributed by atoms with E-state index < -0.39 is 35.6 Å². The van der Waals surface area contributed by atoms with Crippen LogP contribution in [0.5, 0.6) is 5.75 Å². The molecular formula is C31H28F3NO6. The van der Waals surface area contributed by atoms with E-state index in [0.717, 1.165) is 23.8 Å². The number of carboxylic acid groups (broad SMARTS) is 1. The largest absolute Gasteiger partial charge is 0.573 e. The van der Waals surface area contributed by atoms with Crippen LogP contribution >= 0.6 is 0 Å². The molecule has 0 saturated carbocycles. The molecule has 214 valence electrons. The van der Waals surface area contributed by atoms with Crippen LogP contribution in [0.1, 0.15) is 69.4 Å². The highest BCUT2D eigenvalue weighted by atomic mass is 19.4. The first-order chi connectivity index (χ1) is 19.1. The van der Waals surface area contributed by atoms with E-state index in [-0.39, 0.29) is 40.6 Å². The van der Waals surface area contributed by atoms with Gasteiger partial charge in [-0.3, -0.25) is 19.2 Å². The number of Topliss-reactive ketones (excluding diaryl/α,β-unsaturated/α-hetero) is 1. The number of carboxylic acids is 1. The Balaban J connectivity index is 1.93. The molecular weight excluding hydrogens is 539 g/mol. The van der Waals surface area contributed by atoms with Crippen molar-refractivity contribution in [2.75, 3.05) is 6.54 Å². The summed E-state index contributed by atoms with van der Waals surface area (Å²) in [5, 5.41) is 11.2. The monoisotopic (exact) mass is 567 g/mol. The summed E-state index contributed by atoms with van der Waals surface area (Å²) >= 11 is 0. The van der Waals surface area contributed by atoms with Gasteiger partial charge in [0.25, 0.3) is 5.91 Å². The first-order valence-electron chi connectivity index (χ1n) is 12.5. The van der Waals surface area contributed by atoms with Crippen LogP contribution in [0.25, 0.3) is 5.57 Å². The van der Waals surface area contributed by atoms with Crippen molar-refractivity contribution >= 4 is 29.0 Å². The highest BCUT2D eigenvalue weighted by Crippen LogP contribution is 2.27. The van der Waals surface area contributed by atoms with E-state index in [9.17, 15) is 32.3 Å². The van der Waals surface area contributed by atoms with E-state index in [2.05, 4.69) is 10.1 Å². The van der Waals surface area contributed by atoms with Gasteiger partial charge in [0.2, 0.25) is 0 Å². The lowest BCUT2D eigenvalue weighted by Gasteiger charge is -2.19. The number of carbonyl (C=O) groups excluding carboxylic acids is 3. The first-order valence-corrected chi connectivity index (χ1v) is 12.5. The van der Waals surface area contributed by atoms with E-state index >= 15 is 0 Å². The molecule has 0 aliphatic heterocycles. The maximum absolute atomic E-state index is 13.6. The quantitative estimate of drug-likeness (QED) is 0.222. The maximum Gasteiger partial charge on any atom is 0.573 e. The van der Waals surface area contributed by atoms with Crippen molar-refractivity contribution in [3.63, 3.8) is 0 Å². The van der Waals surface area contributed by atoms with Gasteiger partial charge in [-0.05, 0) is 59.0 Å². The van der Waals surface area contributed by atoms with Crippen molar-refractivity contribution in [2.45, 2.75) is 39.0 Å². The van der Waals surface area contributed by atoms with Crippen molar-refractivity contribution in [1.82, 2.24) is 5.32 Å². The van der Waals surface area contributed by atoms with Gasteiger partial charge in [0, 0.05) is 28.8 Å². The Hall–Kier alpha value is -4.73. The fourth-order valence-electron chi connectivity index (χ4n) is 3.78. The highest BCUT2D eigenvalue weighted by Gasteiger charge is 2.31. The van der Waals surface area contributed by atoms with Crippen LogP contribution in [0.4, 0.5) is 13.2 Å². The van der Waals surface area contributed by atoms with Gasteiger partial charge in [0.05, 0.1) is 6.42 Å². The number of ether oxygens (including phenoxy) is 1. The fraction of sp³-hybridized carbons (Fsp3) is 0.226. The topological polar surface area (TPSA) is 110 Å². The lowest BCUT2D eigenvalue weighted by molar-refractivity contribution is -0.274. The minimum atomic E-state index is -4.88. The average Bonchev–Trinajstić information content (AvgIpc) is 2.90. The van der Waals surface area contributed by atoms with Crippen molar-refractivity contribution in [2.24, 2.45) is 0 Å². The fourth-order valence-corrected chi connectivity index (χ4v) is 3.78. The number of allylic oxidation sites excluding steroid dienone is 2. The molecule has 0 spiro atoms. The number of nitrogens with one attached hydrogen (secondary N) is 1. The summed E-state index contributed by atoms with van der Waals surface area (Å²) in [4.78, 5) is 49.6. The molecule has 0 atom stereocenters. The number of benzene rings is 3. The second-order valence-corrected chi connectivity index (χ2v) is 10.1. The second kappa shape index (κ2) is 12.6. The molecule has 0 bridgehead atoms. The summed E-state index contributed by atoms with van der Waals surface area (Å²) in [5.74, 6) is -3.18. The third-order valence-electron chi connectivity index (χ3n) is 5.99. The Labute approximate surface area is 234 Å². The number of alkyl halides is 3. The third-order valence-corrected chi connectivity index (χ3v) is 5.99. The number of carbonyl (C=O) groups is 4. The molecule has 2 N–H and O–H groups in total. The summed E-state index contributed by atoms with van der Waals surface area (Å²) in [6.45, 7) is 6.02. The molecule has 10 heteroatoms. The molecule has 1 amide bonds. The Morgan fingerprint density at radius 3 is 1.80 bits per heavy atom. The van der Waals surface area contributed by atoms with Crippen LogP contribution in [-0.2, 0) is 10.2 Å². The summed E-state index contributed by atoms with van der Waals surface area (Å²) in [6.07, 6.45) is -3.99. The number of aliphatic carboxylic acids is 1. The molecule has 0 aliphatic carbocycles. The van der Waals surface area contributed by atoms with E-state index in [4.69, 9.17) is 5.11 Å². The highest BCUT2D eigenvalue weighted by molar-refractivity contribution is 6.32. The van der Waals surface area contributed by atoms with E-state index in [0.29, 0.717) is 5.56 Å². The van der Waals surface area contributed by atoms with Gasteiger partial charge in [-0.25, -0.2) is 0 Å². The number of rotatable bonds is 10. The van der Waals surface area contributed by atoms with E-state index in [1.165, 1.54) is 36.4 Å². The van der Waals surface area contributed by atoms with Crippen LogP contribution in [0.2, 0.25) is 0 Å². The summed E-state index contributed by atoms with van der Waals surface area (Å²) in [5.41, 5.74) is 1.77. The molecule has 7 nitrogen and oxygen atoms in total. The lowest BCUT2D eigenvalue weighted by atomic mass is 9.85. The summed E-state index contributed by atoms with van der Waals surface area (Å²) in [6, 6.07) is 17.1. The van der Waals surface area contributed by atoms with E-state index in [1.807, 2.05) is 32.9 Å². The van der Waals surface area contributed by atoms with E-state index in [1.54, 1.807) is 12.1 Å². The molecule has 41 heavy (non-hydrogen) atoms. The molecule has 0 unspecified atom stereocenters. The molecule has 3 aromatic carbocycles. The van der Waals surface area contributed by atoms with Crippen LogP contribution < -0.4 is 10.1 Å². The SMILES string of the molecule is CC(C)(C)c1ccc(C(=CC(=O)c2ccc(OC(F)(F)F)cc2)C(=O)c2ccc(C(=O)NCCC(=O)O)cc2)cc1. The van der Waals surface area contributed by atoms with Crippen LogP contribution in [0.3, 0.4) is 0 Å². The number of amides is 1. The van der Waals surface area contributed by atoms with Gasteiger partial charge in [0.15, 0.2) is 11.6 Å². The number of ketones is 2. The molecule has 0 saturated heterocycles. The van der Waals surface area contributed by atoms with Gasteiger partial charge in [-0.15, -0.1) is 13.2 Å². The molecule has 0 aromatic heterocycles. The zero-order valence-electron chi connectivity index (χ0n) is 22.5. The predicted molar refractivity (Wildman–Crippen MR) is 146 cm³/mol. The van der Waals surface area contributed by atoms with Crippen LogP contribution in [-0.4, -0.2) is 41.5 Å². The molecule has 0 fully saturated rings. The first kappa shape index (κ1) is 30.8. The standard InChI is InChI=1S/C31H28F3NO6/c1-30(2,3)23-12-8-19(9-13-23)25(18-26(36)20-10-14-24(15-11-20)41-31(32,33)34)28(39)21-4-6-22(7-5-21)29(40)35-17-16-27(37)38/h4-15,18H,16-17H2,1-3H3,(H,35,40)(H,37,38). The second-order valence-electron chi connectivity index (χ2n) is 10.1. The van der Waals surface area contributed by atoms with Crippen molar-refractivity contribution < 1.29 is 42.2 Å². The third kappa shape index (κ3) is 8.89. The van der Waals surface area contributed by atoms with Crippen molar-refractivity contribution in [3.05, 3.63) is 107 Å². The molecule has 0 aliphatic rings. The van der Waals surface area contributed by atoms with Gasteiger partial charge >= 0.3 is 12.3 Å². The Morgan fingerprint density at radius 2 is 1.29 bits per heavy atom. The zero-order valence-corrected chi connectivity index (χ0v) is 22.5. The minimum absolute atomic E-state index is 0.0458. The Kier molecular flexibility index (Phi) is 9.49. The van der Waals surface area contributed by atoms with Gasteiger partial charge in [0.1, 0.15) is 5.75 Å². The number of halogens is 3. The van der Waals surface area contributed by atoms with Gasteiger partial charge < -0.3 is 15.2 Å². The van der Waals surface area contributed by atoms with Gasteiger partial charge in [-0.1, -0.05) is 57.2 Å². The maximum atomic E-state index is 13.6. The normalized spacial score (nSPS) is 12.0.